The topological polar surface area (TPSA) is 38.1 Å². The number of halogens is 1. The number of rotatable bonds is 4. The van der Waals surface area contributed by atoms with E-state index < -0.39 is 0 Å². The van der Waals surface area contributed by atoms with E-state index in [0.29, 0.717) is 12.1 Å². The number of aromatic nitrogens is 1. The quantitative estimate of drug-likeness (QED) is 0.902. The van der Waals surface area contributed by atoms with Gasteiger partial charge in [-0.1, -0.05) is 23.4 Å². The Morgan fingerprint density at radius 2 is 2.06 bits per heavy atom. The normalized spacial score (nSPS) is 12.7. The molecule has 0 saturated carbocycles. The Balaban J connectivity index is 2.05. The van der Waals surface area contributed by atoms with Crippen LogP contribution in [0.15, 0.2) is 28.8 Å². The molecule has 0 radical (unpaired) electrons. The smallest absolute Gasteiger partial charge is 0.138 e. The Hall–Kier alpha value is -1.68. The van der Waals surface area contributed by atoms with E-state index in [0.717, 1.165) is 17.0 Å². The summed E-state index contributed by atoms with van der Waals surface area (Å²) in [4.78, 5) is 0. The van der Waals surface area contributed by atoms with Crippen LogP contribution < -0.4 is 5.32 Å². The fraction of sp³-hybridized carbons (Fsp3) is 0.357. The fourth-order valence-electron chi connectivity index (χ4n) is 1.95. The van der Waals surface area contributed by atoms with Gasteiger partial charge in [0.15, 0.2) is 0 Å². The zero-order chi connectivity index (χ0) is 13.1. The van der Waals surface area contributed by atoms with Gasteiger partial charge in [-0.05, 0) is 26.8 Å². The summed E-state index contributed by atoms with van der Waals surface area (Å²) >= 11 is 0. The lowest BCUT2D eigenvalue weighted by atomic mass is 10.1. The van der Waals surface area contributed by atoms with Gasteiger partial charge < -0.3 is 9.84 Å². The second-order valence-electron chi connectivity index (χ2n) is 4.43. The molecule has 0 spiro atoms. The van der Waals surface area contributed by atoms with Crippen LogP contribution in [-0.2, 0) is 6.54 Å². The standard InChI is InChI=1S/C14H17FN2O/c1-9(12-6-4-5-7-14(12)15)16-8-13-10(2)17-18-11(13)3/h4-7,9,16H,8H2,1-3H3. The van der Waals surface area contributed by atoms with E-state index in [1.165, 1.54) is 6.07 Å². The third kappa shape index (κ3) is 2.59. The number of nitrogens with one attached hydrogen (secondary N) is 1. The first-order valence-electron chi connectivity index (χ1n) is 5.99. The van der Waals surface area contributed by atoms with Crippen LogP contribution in [0.2, 0.25) is 0 Å². The minimum atomic E-state index is -0.184. The molecule has 0 aliphatic heterocycles. The summed E-state index contributed by atoms with van der Waals surface area (Å²) in [5.74, 6) is 0.622. The van der Waals surface area contributed by atoms with Gasteiger partial charge in [-0.25, -0.2) is 4.39 Å². The van der Waals surface area contributed by atoms with Crippen molar-refractivity contribution in [1.82, 2.24) is 10.5 Å². The Bertz CT molecular complexity index is 517. The lowest BCUT2D eigenvalue weighted by Crippen LogP contribution is -2.19. The van der Waals surface area contributed by atoms with Crippen LogP contribution in [0.1, 0.15) is 35.5 Å². The molecule has 4 heteroatoms. The largest absolute Gasteiger partial charge is 0.361 e. The first-order valence-corrected chi connectivity index (χ1v) is 5.99. The van der Waals surface area contributed by atoms with Crippen molar-refractivity contribution in [3.8, 4) is 0 Å². The summed E-state index contributed by atoms with van der Waals surface area (Å²) in [6.07, 6.45) is 0. The lowest BCUT2D eigenvalue weighted by molar-refractivity contribution is 0.391. The van der Waals surface area contributed by atoms with E-state index in [-0.39, 0.29) is 11.9 Å². The van der Waals surface area contributed by atoms with Crippen LogP contribution in [0, 0.1) is 19.7 Å². The summed E-state index contributed by atoms with van der Waals surface area (Å²) in [6, 6.07) is 6.75. The monoisotopic (exact) mass is 248 g/mol. The molecule has 3 nitrogen and oxygen atoms in total. The summed E-state index contributed by atoms with van der Waals surface area (Å²) in [5, 5.41) is 7.18. The van der Waals surface area contributed by atoms with Gasteiger partial charge in [0.1, 0.15) is 11.6 Å². The van der Waals surface area contributed by atoms with E-state index in [1.807, 2.05) is 26.8 Å². The Labute approximate surface area is 106 Å². The molecule has 2 rings (SSSR count). The summed E-state index contributed by atoms with van der Waals surface area (Å²) < 4.78 is 18.7. The molecule has 0 aliphatic carbocycles. The third-order valence-electron chi connectivity index (χ3n) is 3.14. The molecule has 0 amide bonds. The first-order chi connectivity index (χ1) is 8.59. The second-order valence-corrected chi connectivity index (χ2v) is 4.43. The molecule has 1 aromatic carbocycles. The van der Waals surface area contributed by atoms with Crippen molar-refractivity contribution >= 4 is 0 Å². The van der Waals surface area contributed by atoms with Gasteiger partial charge in [0.25, 0.3) is 0 Å². The molecule has 1 heterocycles. The Morgan fingerprint density at radius 1 is 1.33 bits per heavy atom. The molecular weight excluding hydrogens is 231 g/mol. The first kappa shape index (κ1) is 12.8. The van der Waals surface area contributed by atoms with Crippen molar-refractivity contribution in [2.75, 3.05) is 0 Å². The maximum Gasteiger partial charge on any atom is 0.138 e. The van der Waals surface area contributed by atoms with Gasteiger partial charge in [0, 0.05) is 23.7 Å². The SMILES string of the molecule is Cc1noc(C)c1CNC(C)c1ccccc1F. The van der Waals surface area contributed by atoms with Crippen LogP contribution in [-0.4, -0.2) is 5.16 Å². The maximum atomic E-state index is 13.6. The predicted octanol–water partition coefficient (Wildman–Crippen LogP) is 3.28. The van der Waals surface area contributed by atoms with Gasteiger partial charge in [-0.2, -0.15) is 0 Å². The number of aryl methyl sites for hydroxylation is 2. The van der Waals surface area contributed by atoms with Crippen molar-refractivity contribution < 1.29 is 8.91 Å². The molecule has 18 heavy (non-hydrogen) atoms. The highest BCUT2D eigenvalue weighted by atomic mass is 19.1. The summed E-state index contributed by atoms with van der Waals surface area (Å²) in [5.41, 5.74) is 2.59. The van der Waals surface area contributed by atoms with E-state index in [1.54, 1.807) is 12.1 Å². The van der Waals surface area contributed by atoms with Crippen LogP contribution in [0.25, 0.3) is 0 Å². The van der Waals surface area contributed by atoms with Gasteiger partial charge >= 0.3 is 0 Å². The minimum Gasteiger partial charge on any atom is -0.361 e. The van der Waals surface area contributed by atoms with Crippen molar-refractivity contribution in [2.45, 2.75) is 33.4 Å². The van der Waals surface area contributed by atoms with Crippen LogP contribution in [0.4, 0.5) is 4.39 Å². The highest BCUT2D eigenvalue weighted by molar-refractivity contribution is 5.23. The molecule has 1 unspecified atom stereocenters. The highest BCUT2D eigenvalue weighted by Gasteiger charge is 2.13. The molecule has 1 N–H and O–H groups in total. The summed E-state index contributed by atoms with van der Waals surface area (Å²) in [7, 11) is 0. The van der Waals surface area contributed by atoms with Gasteiger partial charge in [0.05, 0.1) is 5.69 Å². The summed E-state index contributed by atoms with van der Waals surface area (Å²) in [6.45, 7) is 6.35. The number of benzene rings is 1. The van der Waals surface area contributed by atoms with Crippen molar-refractivity contribution in [1.29, 1.82) is 0 Å². The van der Waals surface area contributed by atoms with E-state index in [9.17, 15) is 4.39 Å². The molecule has 0 saturated heterocycles. The Morgan fingerprint density at radius 3 is 2.67 bits per heavy atom. The zero-order valence-corrected chi connectivity index (χ0v) is 10.8. The Kier molecular flexibility index (Phi) is 3.77. The van der Waals surface area contributed by atoms with E-state index in [2.05, 4.69) is 10.5 Å². The molecule has 0 aliphatic rings. The van der Waals surface area contributed by atoms with Crippen LogP contribution in [0.3, 0.4) is 0 Å². The van der Waals surface area contributed by atoms with Crippen molar-refractivity contribution in [2.24, 2.45) is 0 Å². The molecule has 1 aromatic heterocycles. The highest BCUT2D eigenvalue weighted by Crippen LogP contribution is 2.18. The zero-order valence-electron chi connectivity index (χ0n) is 10.8. The molecule has 2 aromatic rings. The average molecular weight is 248 g/mol. The molecule has 0 fully saturated rings. The van der Waals surface area contributed by atoms with Gasteiger partial charge in [-0.15, -0.1) is 0 Å². The maximum absolute atomic E-state index is 13.6. The van der Waals surface area contributed by atoms with E-state index in [4.69, 9.17) is 4.52 Å². The van der Waals surface area contributed by atoms with Crippen molar-refractivity contribution in [3.63, 3.8) is 0 Å². The number of nitrogens with zero attached hydrogens (tertiary/aromatic N) is 1. The molecule has 0 bridgehead atoms. The minimum absolute atomic E-state index is 0.0556. The lowest BCUT2D eigenvalue weighted by Gasteiger charge is -2.14. The second kappa shape index (κ2) is 5.31. The number of hydrogen-bond acceptors (Lipinski definition) is 3. The third-order valence-corrected chi connectivity index (χ3v) is 3.14. The predicted molar refractivity (Wildman–Crippen MR) is 67.6 cm³/mol. The number of hydrogen-bond donors (Lipinski definition) is 1. The van der Waals surface area contributed by atoms with Crippen LogP contribution >= 0.6 is 0 Å². The van der Waals surface area contributed by atoms with E-state index >= 15 is 0 Å². The van der Waals surface area contributed by atoms with Crippen LogP contribution in [0.5, 0.6) is 0 Å². The molecule has 1 atom stereocenters. The van der Waals surface area contributed by atoms with Gasteiger partial charge in [0.2, 0.25) is 0 Å². The van der Waals surface area contributed by atoms with Crippen molar-refractivity contribution in [3.05, 3.63) is 52.7 Å². The fourth-order valence-corrected chi connectivity index (χ4v) is 1.95. The van der Waals surface area contributed by atoms with Gasteiger partial charge in [-0.3, -0.25) is 0 Å². The molecular formula is C14H17FN2O. The molecule has 96 valence electrons. The average Bonchev–Trinajstić information content (AvgIpc) is 2.67.